The Morgan fingerprint density at radius 3 is 2.47 bits per heavy atom. The van der Waals surface area contributed by atoms with Crippen LogP contribution in [0.1, 0.15) is 13.8 Å². The quantitative estimate of drug-likeness (QED) is 0.673. The van der Waals surface area contributed by atoms with Gasteiger partial charge in [-0.25, -0.2) is 0 Å². The van der Waals surface area contributed by atoms with Crippen molar-refractivity contribution in [2.75, 3.05) is 38.8 Å². The fraction of sp³-hybridized carbons (Fsp3) is 0.700. The number of hydrogen-bond donors (Lipinski definition) is 1. The molecule has 0 atom stereocenters. The van der Waals surface area contributed by atoms with Crippen LogP contribution in [0.15, 0.2) is 0 Å². The largest absolute Gasteiger partial charge is 0.467 e. The Balaban J connectivity index is 2.59. The van der Waals surface area contributed by atoms with Crippen LogP contribution in [0.4, 0.5) is 5.95 Å². The SMILES string of the molecule is CCNc1nc(OC)nc(OCCOCC)n1. The summed E-state index contributed by atoms with van der Waals surface area (Å²) in [6.45, 7) is 6.15. The second kappa shape index (κ2) is 7.61. The molecule has 1 heterocycles. The van der Waals surface area contributed by atoms with Gasteiger partial charge in [0.1, 0.15) is 6.61 Å². The Morgan fingerprint density at radius 1 is 1.06 bits per heavy atom. The van der Waals surface area contributed by atoms with Crippen LogP contribution in [0, 0.1) is 0 Å². The number of anilines is 1. The van der Waals surface area contributed by atoms with Crippen LogP contribution in [0.2, 0.25) is 0 Å². The van der Waals surface area contributed by atoms with E-state index < -0.39 is 0 Å². The third-order valence-electron chi connectivity index (χ3n) is 1.77. The summed E-state index contributed by atoms with van der Waals surface area (Å²) < 4.78 is 15.4. The lowest BCUT2D eigenvalue weighted by molar-refractivity contribution is 0.106. The molecule has 0 aliphatic heterocycles. The van der Waals surface area contributed by atoms with Crippen LogP contribution >= 0.6 is 0 Å². The van der Waals surface area contributed by atoms with E-state index in [2.05, 4.69) is 20.3 Å². The number of hydrogen-bond acceptors (Lipinski definition) is 7. The zero-order valence-corrected chi connectivity index (χ0v) is 10.4. The van der Waals surface area contributed by atoms with Crippen LogP contribution < -0.4 is 14.8 Å². The third-order valence-corrected chi connectivity index (χ3v) is 1.77. The van der Waals surface area contributed by atoms with E-state index in [9.17, 15) is 0 Å². The molecule has 0 radical (unpaired) electrons. The molecular weight excluding hydrogens is 224 g/mol. The van der Waals surface area contributed by atoms with Crippen molar-refractivity contribution in [2.45, 2.75) is 13.8 Å². The fourth-order valence-corrected chi connectivity index (χ4v) is 1.07. The van der Waals surface area contributed by atoms with Crippen LogP contribution in [0.25, 0.3) is 0 Å². The molecule has 1 aromatic rings. The van der Waals surface area contributed by atoms with Crippen molar-refractivity contribution in [3.63, 3.8) is 0 Å². The molecule has 1 aromatic heterocycles. The van der Waals surface area contributed by atoms with Crippen LogP contribution in [-0.4, -0.2) is 48.4 Å². The van der Waals surface area contributed by atoms with E-state index in [-0.39, 0.29) is 12.0 Å². The predicted octanol–water partition coefficient (Wildman–Crippen LogP) is 0.727. The van der Waals surface area contributed by atoms with Crippen molar-refractivity contribution < 1.29 is 14.2 Å². The Labute approximate surface area is 101 Å². The van der Waals surface area contributed by atoms with E-state index in [0.29, 0.717) is 32.3 Å². The van der Waals surface area contributed by atoms with Gasteiger partial charge in [0.25, 0.3) is 0 Å². The number of ether oxygens (including phenoxy) is 3. The number of nitrogens with one attached hydrogen (secondary N) is 1. The van der Waals surface area contributed by atoms with Gasteiger partial charge in [-0.15, -0.1) is 4.98 Å². The van der Waals surface area contributed by atoms with Crippen LogP contribution in [0.5, 0.6) is 12.0 Å². The maximum absolute atomic E-state index is 5.33. The summed E-state index contributed by atoms with van der Waals surface area (Å²) in [5.74, 6) is 0.436. The van der Waals surface area contributed by atoms with Gasteiger partial charge in [-0.1, -0.05) is 0 Å². The van der Waals surface area contributed by atoms with Gasteiger partial charge in [-0.2, -0.15) is 9.97 Å². The molecule has 17 heavy (non-hydrogen) atoms. The maximum atomic E-state index is 5.33. The molecule has 0 unspecified atom stereocenters. The summed E-state index contributed by atoms with van der Waals surface area (Å²) >= 11 is 0. The van der Waals surface area contributed by atoms with E-state index in [4.69, 9.17) is 14.2 Å². The summed E-state index contributed by atoms with van der Waals surface area (Å²) in [7, 11) is 1.50. The first-order chi connectivity index (χ1) is 8.30. The van der Waals surface area contributed by atoms with Crippen molar-refractivity contribution in [3.8, 4) is 12.0 Å². The van der Waals surface area contributed by atoms with Gasteiger partial charge in [0.2, 0.25) is 5.95 Å². The molecule has 0 aliphatic rings. The molecule has 96 valence electrons. The second-order valence-electron chi connectivity index (χ2n) is 3.00. The van der Waals surface area contributed by atoms with Crippen LogP contribution in [-0.2, 0) is 4.74 Å². The first-order valence-electron chi connectivity index (χ1n) is 5.54. The second-order valence-corrected chi connectivity index (χ2v) is 3.00. The van der Waals surface area contributed by atoms with E-state index in [1.807, 2.05) is 13.8 Å². The molecule has 0 aliphatic carbocycles. The van der Waals surface area contributed by atoms with Crippen molar-refractivity contribution in [1.82, 2.24) is 15.0 Å². The highest BCUT2D eigenvalue weighted by Crippen LogP contribution is 2.12. The minimum Gasteiger partial charge on any atom is -0.467 e. The summed E-state index contributed by atoms with van der Waals surface area (Å²) in [5, 5.41) is 2.97. The molecule has 1 rings (SSSR count). The zero-order valence-electron chi connectivity index (χ0n) is 10.4. The molecular formula is C10H18N4O3. The summed E-state index contributed by atoms with van der Waals surface area (Å²) in [6, 6.07) is 0.454. The minimum absolute atomic E-state index is 0.224. The summed E-state index contributed by atoms with van der Waals surface area (Å²) in [4.78, 5) is 12.1. The number of rotatable bonds is 8. The zero-order chi connectivity index (χ0) is 12.5. The predicted molar refractivity (Wildman–Crippen MR) is 62.5 cm³/mol. The Morgan fingerprint density at radius 2 is 1.82 bits per heavy atom. The van der Waals surface area contributed by atoms with Gasteiger partial charge >= 0.3 is 12.0 Å². The van der Waals surface area contributed by atoms with E-state index in [1.165, 1.54) is 7.11 Å². The number of aromatic nitrogens is 3. The standard InChI is InChI=1S/C10H18N4O3/c1-4-11-8-12-9(15-3)14-10(13-8)17-7-6-16-5-2/h4-7H2,1-3H3,(H,11,12,13,14). The lowest BCUT2D eigenvalue weighted by Gasteiger charge is -2.07. The van der Waals surface area contributed by atoms with Gasteiger partial charge in [0.05, 0.1) is 13.7 Å². The summed E-state index contributed by atoms with van der Waals surface area (Å²) in [6.07, 6.45) is 0. The Hall–Kier alpha value is -1.63. The van der Waals surface area contributed by atoms with Crippen molar-refractivity contribution in [3.05, 3.63) is 0 Å². The van der Waals surface area contributed by atoms with Gasteiger partial charge in [0, 0.05) is 13.2 Å². The van der Waals surface area contributed by atoms with E-state index in [0.717, 1.165) is 0 Å². The molecule has 0 aromatic carbocycles. The monoisotopic (exact) mass is 242 g/mol. The average Bonchev–Trinajstić information content (AvgIpc) is 2.35. The fourth-order valence-electron chi connectivity index (χ4n) is 1.07. The van der Waals surface area contributed by atoms with E-state index >= 15 is 0 Å². The molecule has 0 amide bonds. The topological polar surface area (TPSA) is 78.4 Å². The molecule has 0 spiro atoms. The first-order valence-corrected chi connectivity index (χ1v) is 5.54. The van der Waals surface area contributed by atoms with Gasteiger partial charge in [-0.05, 0) is 13.8 Å². The molecule has 0 fully saturated rings. The molecule has 7 nitrogen and oxygen atoms in total. The summed E-state index contributed by atoms with van der Waals surface area (Å²) in [5.41, 5.74) is 0. The molecule has 1 N–H and O–H groups in total. The van der Waals surface area contributed by atoms with Crippen molar-refractivity contribution in [2.24, 2.45) is 0 Å². The minimum atomic E-state index is 0.224. The highest BCUT2D eigenvalue weighted by Gasteiger charge is 2.06. The molecule has 0 saturated heterocycles. The molecule has 0 saturated carbocycles. The van der Waals surface area contributed by atoms with Gasteiger partial charge < -0.3 is 19.5 Å². The number of methoxy groups -OCH3 is 1. The van der Waals surface area contributed by atoms with Crippen LogP contribution in [0.3, 0.4) is 0 Å². The van der Waals surface area contributed by atoms with Crippen molar-refractivity contribution in [1.29, 1.82) is 0 Å². The first kappa shape index (κ1) is 13.4. The van der Waals surface area contributed by atoms with E-state index in [1.54, 1.807) is 0 Å². The maximum Gasteiger partial charge on any atom is 0.324 e. The Kier molecular flexibility index (Phi) is 6.02. The van der Waals surface area contributed by atoms with Crippen molar-refractivity contribution >= 4 is 5.95 Å². The lowest BCUT2D eigenvalue weighted by atomic mass is 10.7. The molecule has 7 heteroatoms. The number of nitrogens with zero attached hydrogens (tertiary/aromatic N) is 3. The lowest BCUT2D eigenvalue weighted by Crippen LogP contribution is -2.11. The normalized spacial score (nSPS) is 10.1. The Bertz CT molecular complexity index is 335. The smallest absolute Gasteiger partial charge is 0.324 e. The van der Waals surface area contributed by atoms with Gasteiger partial charge in [-0.3, -0.25) is 0 Å². The highest BCUT2D eigenvalue weighted by molar-refractivity contribution is 5.26. The third kappa shape index (κ3) is 4.81. The molecule has 0 bridgehead atoms. The average molecular weight is 242 g/mol. The highest BCUT2D eigenvalue weighted by atomic mass is 16.5. The van der Waals surface area contributed by atoms with Gasteiger partial charge in [0.15, 0.2) is 0 Å².